The van der Waals surface area contributed by atoms with Gasteiger partial charge in [0, 0.05) is 45.5 Å². The van der Waals surface area contributed by atoms with Crippen LogP contribution in [0.15, 0.2) is 35.3 Å². The molecule has 32 heavy (non-hydrogen) atoms. The Morgan fingerprint density at radius 3 is 2.81 bits per heavy atom. The highest BCUT2D eigenvalue weighted by atomic mass is 32.1. The first-order valence-corrected chi connectivity index (χ1v) is 11.3. The molecule has 0 saturated carbocycles. The number of piperazine rings is 1. The Bertz CT molecular complexity index is 1190. The summed E-state index contributed by atoms with van der Waals surface area (Å²) in [6.45, 7) is 6.79. The number of benzene rings is 1. The molecule has 1 aromatic carbocycles. The van der Waals surface area contributed by atoms with E-state index in [1.165, 1.54) is 15.9 Å². The molecule has 0 unspecified atom stereocenters. The molecule has 2 aromatic heterocycles. The van der Waals surface area contributed by atoms with E-state index in [0.717, 1.165) is 41.5 Å². The predicted molar refractivity (Wildman–Crippen MR) is 126 cm³/mol. The highest BCUT2D eigenvalue weighted by Crippen LogP contribution is 2.34. The number of amides is 1. The maximum atomic E-state index is 13.1. The van der Waals surface area contributed by atoms with Gasteiger partial charge >= 0.3 is 0 Å². The number of nitrogens with one attached hydrogen (secondary N) is 2. The average Bonchev–Trinajstić information content (AvgIpc) is 3.18. The van der Waals surface area contributed by atoms with Crippen molar-refractivity contribution in [3.05, 3.63) is 46.4 Å². The van der Waals surface area contributed by atoms with Gasteiger partial charge in [-0.2, -0.15) is 0 Å². The smallest absolute Gasteiger partial charge is 0.274 e. The van der Waals surface area contributed by atoms with Gasteiger partial charge in [-0.25, -0.2) is 4.98 Å². The van der Waals surface area contributed by atoms with Gasteiger partial charge in [0.05, 0.1) is 21.4 Å². The molecule has 0 aliphatic carbocycles. The number of carbonyl (C=O) groups is 1. The number of carbonyl (C=O) groups excluding carboxylic acids is 1. The van der Waals surface area contributed by atoms with Crippen molar-refractivity contribution in [3.8, 4) is 5.75 Å². The summed E-state index contributed by atoms with van der Waals surface area (Å²) in [5.41, 5.74) is -0.199. The molecule has 3 aromatic rings. The number of nitrogens with zero attached hydrogens (tertiary/aromatic N) is 3. The Balaban J connectivity index is 1.71. The van der Waals surface area contributed by atoms with Crippen molar-refractivity contribution in [1.29, 1.82) is 0 Å². The summed E-state index contributed by atoms with van der Waals surface area (Å²) in [7, 11) is 1.62. The SMILES string of the molecule is Cn1cccc(NC(=O)c2cc3sc(N4CCNCC4)nc3cc2OCC(C)(C)O)c1=O. The first kappa shape index (κ1) is 22.3. The van der Waals surface area contributed by atoms with Crippen molar-refractivity contribution in [2.75, 3.05) is 43.0 Å². The van der Waals surface area contributed by atoms with Gasteiger partial charge in [-0.3, -0.25) is 9.59 Å². The third-order valence-corrected chi connectivity index (χ3v) is 6.14. The second-order valence-electron chi connectivity index (χ2n) is 8.44. The van der Waals surface area contributed by atoms with Crippen LogP contribution in [0.5, 0.6) is 5.75 Å². The number of hydrogen-bond acceptors (Lipinski definition) is 8. The monoisotopic (exact) mass is 457 g/mol. The number of anilines is 2. The standard InChI is InChI=1S/C22H27N5O4S/c1-22(2,30)13-31-17-12-16-18(32-21(25-16)27-9-6-23-7-10-27)11-14(17)19(28)24-15-5-4-8-26(3)20(15)29/h4-5,8,11-12,23,30H,6-7,9-10,13H2,1-3H3,(H,24,28). The highest BCUT2D eigenvalue weighted by molar-refractivity contribution is 7.22. The molecular weight excluding hydrogens is 430 g/mol. The zero-order valence-corrected chi connectivity index (χ0v) is 19.2. The Morgan fingerprint density at radius 1 is 1.34 bits per heavy atom. The number of pyridine rings is 1. The Labute approximate surface area is 189 Å². The molecule has 0 spiro atoms. The van der Waals surface area contributed by atoms with Crippen LogP contribution in [-0.4, -0.2) is 59.0 Å². The van der Waals surface area contributed by atoms with Crippen molar-refractivity contribution < 1.29 is 14.6 Å². The first-order valence-electron chi connectivity index (χ1n) is 10.4. The van der Waals surface area contributed by atoms with Crippen LogP contribution in [0.4, 0.5) is 10.8 Å². The zero-order chi connectivity index (χ0) is 22.9. The molecule has 1 aliphatic heterocycles. The lowest BCUT2D eigenvalue weighted by Gasteiger charge is -2.26. The number of rotatable bonds is 6. The first-order chi connectivity index (χ1) is 15.2. The van der Waals surface area contributed by atoms with Crippen LogP contribution in [-0.2, 0) is 7.05 Å². The lowest BCUT2D eigenvalue weighted by atomic mass is 10.1. The average molecular weight is 458 g/mol. The Kier molecular flexibility index (Phi) is 6.18. The van der Waals surface area contributed by atoms with Crippen LogP contribution < -0.4 is 25.8 Å². The second-order valence-corrected chi connectivity index (χ2v) is 9.45. The van der Waals surface area contributed by atoms with Gasteiger partial charge in [0.15, 0.2) is 5.13 Å². The number of aliphatic hydroxyl groups is 1. The van der Waals surface area contributed by atoms with Gasteiger partial charge in [0.2, 0.25) is 0 Å². The molecule has 1 aliphatic rings. The number of thiazole rings is 1. The highest BCUT2D eigenvalue weighted by Gasteiger charge is 2.22. The van der Waals surface area contributed by atoms with E-state index in [1.54, 1.807) is 51.4 Å². The molecule has 3 heterocycles. The summed E-state index contributed by atoms with van der Waals surface area (Å²) in [6, 6.07) is 6.71. The van der Waals surface area contributed by atoms with E-state index >= 15 is 0 Å². The number of ether oxygens (including phenoxy) is 1. The molecule has 1 amide bonds. The normalized spacial score (nSPS) is 14.6. The van der Waals surface area contributed by atoms with E-state index < -0.39 is 11.5 Å². The molecule has 10 heteroatoms. The molecule has 9 nitrogen and oxygen atoms in total. The van der Waals surface area contributed by atoms with Gasteiger partial charge in [-0.15, -0.1) is 0 Å². The summed E-state index contributed by atoms with van der Waals surface area (Å²) in [5.74, 6) is -0.153. The molecule has 1 fully saturated rings. The minimum Gasteiger partial charge on any atom is -0.490 e. The second kappa shape index (κ2) is 8.89. The largest absolute Gasteiger partial charge is 0.490 e. The van der Waals surface area contributed by atoms with E-state index in [4.69, 9.17) is 9.72 Å². The number of aromatic nitrogens is 2. The number of aryl methyl sites for hydroxylation is 1. The van der Waals surface area contributed by atoms with E-state index in [9.17, 15) is 14.7 Å². The minimum absolute atomic E-state index is 0.000673. The predicted octanol–water partition coefficient (Wildman–Crippen LogP) is 1.81. The summed E-state index contributed by atoms with van der Waals surface area (Å²) in [6.07, 6.45) is 1.62. The lowest BCUT2D eigenvalue weighted by molar-refractivity contribution is 0.0281. The fourth-order valence-corrected chi connectivity index (χ4v) is 4.41. The van der Waals surface area contributed by atoms with Gasteiger partial charge in [0.1, 0.15) is 18.0 Å². The fourth-order valence-electron chi connectivity index (χ4n) is 3.37. The quantitative estimate of drug-likeness (QED) is 0.518. The summed E-state index contributed by atoms with van der Waals surface area (Å²) in [4.78, 5) is 32.4. The molecule has 3 N–H and O–H groups in total. The van der Waals surface area contributed by atoms with Crippen molar-refractivity contribution in [2.24, 2.45) is 7.05 Å². The number of hydrogen-bond donors (Lipinski definition) is 3. The molecule has 0 atom stereocenters. The topological polar surface area (TPSA) is 109 Å². The van der Waals surface area contributed by atoms with Gasteiger partial charge < -0.3 is 29.9 Å². The lowest BCUT2D eigenvalue weighted by Crippen LogP contribution is -2.43. The van der Waals surface area contributed by atoms with E-state index in [2.05, 4.69) is 15.5 Å². The minimum atomic E-state index is -1.08. The molecule has 1 saturated heterocycles. The Hall–Kier alpha value is -2.95. The van der Waals surface area contributed by atoms with Gasteiger partial charge in [0.25, 0.3) is 11.5 Å². The van der Waals surface area contributed by atoms with E-state index in [-0.39, 0.29) is 23.4 Å². The van der Waals surface area contributed by atoms with Crippen molar-refractivity contribution in [3.63, 3.8) is 0 Å². The van der Waals surface area contributed by atoms with Crippen LogP contribution >= 0.6 is 11.3 Å². The maximum Gasteiger partial charge on any atom is 0.274 e. The zero-order valence-electron chi connectivity index (χ0n) is 18.3. The third kappa shape index (κ3) is 4.93. The molecule has 4 rings (SSSR count). The van der Waals surface area contributed by atoms with Crippen molar-refractivity contribution in [1.82, 2.24) is 14.9 Å². The van der Waals surface area contributed by atoms with Crippen LogP contribution in [0, 0.1) is 0 Å². The molecular formula is C22H27N5O4S. The van der Waals surface area contributed by atoms with Crippen LogP contribution in [0.1, 0.15) is 24.2 Å². The Morgan fingerprint density at radius 2 is 2.09 bits per heavy atom. The maximum absolute atomic E-state index is 13.1. The molecule has 0 radical (unpaired) electrons. The van der Waals surface area contributed by atoms with Gasteiger partial charge in [-0.05, 0) is 32.0 Å². The van der Waals surface area contributed by atoms with Crippen molar-refractivity contribution in [2.45, 2.75) is 19.4 Å². The summed E-state index contributed by atoms with van der Waals surface area (Å²) >= 11 is 1.52. The fraction of sp³-hybridized carbons (Fsp3) is 0.409. The van der Waals surface area contributed by atoms with Crippen LogP contribution in [0.25, 0.3) is 10.2 Å². The molecule has 0 bridgehead atoms. The van der Waals surface area contributed by atoms with Crippen molar-refractivity contribution >= 4 is 38.3 Å². The summed E-state index contributed by atoms with van der Waals surface area (Å²) in [5, 5.41) is 17.0. The van der Waals surface area contributed by atoms with E-state index in [1.807, 2.05) is 0 Å². The summed E-state index contributed by atoms with van der Waals surface area (Å²) < 4.78 is 8.07. The molecule has 170 valence electrons. The van der Waals surface area contributed by atoms with E-state index in [0.29, 0.717) is 5.75 Å². The van der Waals surface area contributed by atoms with Gasteiger partial charge in [-0.1, -0.05) is 11.3 Å². The van der Waals surface area contributed by atoms with Crippen LogP contribution in [0.3, 0.4) is 0 Å². The third-order valence-electron chi connectivity index (χ3n) is 5.06. The van der Waals surface area contributed by atoms with Crippen LogP contribution in [0.2, 0.25) is 0 Å². The number of fused-ring (bicyclic) bond motifs is 1.